The zero-order chi connectivity index (χ0) is 14.8. The lowest BCUT2D eigenvalue weighted by molar-refractivity contribution is -0.123. The van der Waals surface area contributed by atoms with E-state index in [0.29, 0.717) is 6.54 Å². The number of nitrogens with zero attached hydrogens (tertiary/aromatic N) is 3. The number of amides is 1. The Morgan fingerprint density at radius 1 is 1.57 bits per heavy atom. The highest BCUT2D eigenvalue weighted by molar-refractivity contribution is 7.98. The number of carbonyl (C=O) groups excluding carboxylic acids is 1. The Hall–Kier alpha value is -1.80. The third kappa shape index (κ3) is 2.68. The van der Waals surface area contributed by atoms with Crippen LogP contribution in [-0.2, 0) is 24.8 Å². The largest absolute Gasteiger partial charge is 0.349 e. The summed E-state index contributed by atoms with van der Waals surface area (Å²) in [5.74, 6) is -0.0602. The van der Waals surface area contributed by atoms with E-state index in [1.807, 2.05) is 17.9 Å². The lowest BCUT2D eigenvalue weighted by atomic mass is 10.1. The van der Waals surface area contributed by atoms with Crippen molar-refractivity contribution in [1.29, 1.82) is 0 Å². The van der Waals surface area contributed by atoms with Crippen LogP contribution in [0.1, 0.15) is 23.1 Å². The van der Waals surface area contributed by atoms with Crippen LogP contribution in [0.4, 0.5) is 0 Å². The molecule has 0 saturated heterocycles. The van der Waals surface area contributed by atoms with Crippen molar-refractivity contribution in [1.82, 2.24) is 30.2 Å². The monoisotopic (exact) mass is 306 g/mol. The molecule has 1 amide bonds. The molecular weight excluding hydrogens is 288 g/mol. The molecule has 21 heavy (non-hydrogen) atoms. The molecule has 3 N–H and O–H groups in total. The van der Waals surface area contributed by atoms with Crippen LogP contribution in [0, 0.1) is 0 Å². The predicted octanol–water partition coefficient (Wildman–Crippen LogP) is 0.368. The van der Waals surface area contributed by atoms with Crippen LogP contribution in [0.3, 0.4) is 0 Å². The fourth-order valence-electron chi connectivity index (χ4n) is 2.50. The molecule has 0 aromatic carbocycles. The number of thioether (sulfide) groups is 1. The minimum atomic E-state index is -0.381. The first-order valence-electron chi connectivity index (χ1n) is 6.78. The summed E-state index contributed by atoms with van der Waals surface area (Å²) in [5.41, 5.74) is 2.82. The molecule has 0 bridgehead atoms. The van der Waals surface area contributed by atoms with Gasteiger partial charge >= 0.3 is 0 Å². The second kappa shape index (κ2) is 5.90. The van der Waals surface area contributed by atoms with Crippen LogP contribution in [0.25, 0.3) is 0 Å². The lowest BCUT2D eigenvalue weighted by Crippen LogP contribution is -2.41. The van der Waals surface area contributed by atoms with Crippen LogP contribution in [0.15, 0.2) is 17.7 Å². The van der Waals surface area contributed by atoms with Gasteiger partial charge in [0.05, 0.1) is 30.5 Å². The molecule has 0 radical (unpaired) electrons. The second-order valence-corrected chi connectivity index (χ2v) is 5.69. The van der Waals surface area contributed by atoms with Gasteiger partial charge in [-0.3, -0.25) is 4.79 Å². The predicted molar refractivity (Wildman–Crippen MR) is 79.9 cm³/mol. The highest BCUT2D eigenvalue weighted by Crippen LogP contribution is 2.19. The van der Waals surface area contributed by atoms with Crippen LogP contribution < -0.4 is 10.6 Å². The summed E-state index contributed by atoms with van der Waals surface area (Å²) in [6, 6.07) is -0.381. The summed E-state index contributed by atoms with van der Waals surface area (Å²) in [6.07, 6.45) is 6.29. The average Bonchev–Trinajstić information content (AvgIpc) is 3.10. The fraction of sp³-hybridized carbons (Fsp3) is 0.462. The highest BCUT2D eigenvalue weighted by Gasteiger charge is 2.28. The van der Waals surface area contributed by atoms with Crippen molar-refractivity contribution < 1.29 is 4.79 Å². The number of imidazole rings is 2. The molecule has 2 aromatic rings. The zero-order valence-electron chi connectivity index (χ0n) is 12.0. The van der Waals surface area contributed by atoms with Crippen molar-refractivity contribution in [2.75, 3.05) is 12.8 Å². The topological polar surface area (TPSA) is 87.6 Å². The molecule has 1 aliphatic rings. The van der Waals surface area contributed by atoms with Gasteiger partial charge in [-0.25, -0.2) is 9.97 Å². The third-order valence-corrected chi connectivity index (χ3v) is 4.42. The van der Waals surface area contributed by atoms with Gasteiger partial charge < -0.3 is 20.2 Å². The Morgan fingerprint density at radius 2 is 2.43 bits per heavy atom. The van der Waals surface area contributed by atoms with Crippen molar-refractivity contribution in [3.8, 4) is 0 Å². The second-order valence-electron chi connectivity index (χ2n) is 4.92. The molecule has 2 aromatic heterocycles. The van der Waals surface area contributed by atoms with Crippen LogP contribution in [0.2, 0.25) is 0 Å². The minimum Gasteiger partial charge on any atom is -0.349 e. The van der Waals surface area contributed by atoms with E-state index in [1.165, 1.54) is 0 Å². The van der Waals surface area contributed by atoms with E-state index in [1.54, 1.807) is 24.3 Å². The van der Waals surface area contributed by atoms with E-state index in [2.05, 4.69) is 25.6 Å². The quantitative estimate of drug-likeness (QED) is 0.710. The van der Waals surface area contributed by atoms with Gasteiger partial charge in [-0.1, -0.05) is 11.8 Å². The molecule has 3 rings (SSSR count). The first-order valence-corrected chi connectivity index (χ1v) is 8.01. The van der Waals surface area contributed by atoms with E-state index in [-0.39, 0.29) is 11.9 Å². The number of nitrogens with one attached hydrogen (secondary N) is 3. The standard InChI is InChI=1S/C13H18N6OS/c1-19-8(6-16-13(19)21-2)5-15-12(20)11-10-9(3-4-14-11)17-7-18-10/h6-7,11,14H,3-5H2,1-2H3,(H,15,20)(H,17,18)/t11-/m0/s1. The molecular formula is C13H18N6OS. The fourth-order valence-corrected chi connectivity index (χ4v) is 3.04. The van der Waals surface area contributed by atoms with Crippen LogP contribution in [0.5, 0.6) is 0 Å². The summed E-state index contributed by atoms with van der Waals surface area (Å²) < 4.78 is 1.99. The normalized spacial score (nSPS) is 17.5. The first kappa shape index (κ1) is 14.2. The maximum Gasteiger partial charge on any atom is 0.243 e. The number of fused-ring (bicyclic) bond motifs is 1. The molecule has 1 atom stereocenters. The maximum absolute atomic E-state index is 12.4. The molecule has 0 saturated carbocycles. The smallest absolute Gasteiger partial charge is 0.243 e. The molecule has 3 heterocycles. The van der Waals surface area contributed by atoms with Crippen molar-refractivity contribution in [3.63, 3.8) is 0 Å². The van der Waals surface area contributed by atoms with Crippen LogP contribution in [-0.4, -0.2) is 38.2 Å². The number of H-pyrrole nitrogens is 1. The Labute approximate surface area is 126 Å². The Balaban J connectivity index is 1.66. The van der Waals surface area contributed by atoms with Gasteiger partial charge in [-0.2, -0.15) is 0 Å². The average molecular weight is 306 g/mol. The summed E-state index contributed by atoms with van der Waals surface area (Å²) in [6.45, 7) is 1.23. The molecule has 1 aliphatic heterocycles. The van der Waals surface area contributed by atoms with Crippen molar-refractivity contribution in [2.24, 2.45) is 7.05 Å². The summed E-state index contributed by atoms with van der Waals surface area (Å²) in [4.78, 5) is 24.0. The number of hydrogen-bond acceptors (Lipinski definition) is 5. The molecule has 112 valence electrons. The van der Waals surface area contributed by atoms with Crippen molar-refractivity contribution in [3.05, 3.63) is 29.6 Å². The van der Waals surface area contributed by atoms with Gasteiger partial charge in [0, 0.05) is 25.7 Å². The number of carbonyl (C=O) groups is 1. The molecule has 0 aliphatic carbocycles. The van der Waals surface area contributed by atoms with Gasteiger partial charge in [-0.05, 0) is 6.26 Å². The molecule has 0 spiro atoms. The number of rotatable bonds is 4. The number of hydrogen-bond donors (Lipinski definition) is 3. The zero-order valence-corrected chi connectivity index (χ0v) is 12.8. The molecule has 0 unspecified atom stereocenters. The maximum atomic E-state index is 12.4. The number of aromatic amines is 1. The van der Waals surface area contributed by atoms with Crippen molar-refractivity contribution >= 4 is 17.7 Å². The van der Waals surface area contributed by atoms with Gasteiger partial charge in [0.1, 0.15) is 6.04 Å². The van der Waals surface area contributed by atoms with Crippen LogP contribution >= 0.6 is 11.8 Å². The van der Waals surface area contributed by atoms with Gasteiger partial charge in [0.15, 0.2) is 5.16 Å². The lowest BCUT2D eigenvalue weighted by Gasteiger charge is -2.22. The van der Waals surface area contributed by atoms with Gasteiger partial charge in [-0.15, -0.1) is 0 Å². The summed E-state index contributed by atoms with van der Waals surface area (Å²) >= 11 is 1.58. The Morgan fingerprint density at radius 3 is 3.19 bits per heavy atom. The number of aromatic nitrogens is 4. The SMILES string of the molecule is CSc1ncc(CNC(=O)[C@H]2NCCc3[nH]cnc32)n1C. The molecule has 7 nitrogen and oxygen atoms in total. The first-order chi connectivity index (χ1) is 10.2. The highest BCUT2D eigenvalue weighted by atomic mass is 32.2. The Bertz CT molecular complexity index is 649. The summed E-state index contributed by atoms with van der Waals surface area (Å²) in [5, 5.41) is 7.09. The third-order valence-electron chi connectivity index (χ3n) is 3.68. The van der Waals surface area contributed by atoms with Crippen molar-refractivity contribution in [2.45, 2.75) is 24.2 Å². The summed E-state index contributed by atoms with van der Waals surface area (Å²) in [7, 11) is 1.95. The van der Waals surface area contributed by atoms with E-state index in [4.69, 9.17) is 0 Å². The molecule has 8 heteroatoms. The van der Waals surface area contributed by atoms with Gasteiger partial charge in [0.2, 0.25) is 5.91 Å². The van der Waals surface area contributed by atoms with E-state index >= 15 is 0 Å². The minimum absolute atomic E-state index is 0.0602. The Kier molecular flexibility index (Phi) is 3.98. The molecule has 0 fully saturated rings. The van der Waals surface area contributed by atoms with E-state index in [9.17, 15) is 4.79 Å². The van der Waals surface area contributed by atoms with E-state index in [0.717, 1.165) is 35.2 Å². The van der Waals surface area contributed by atoms with E-state index < -0.39 is 0 Å². The van der Waals surface area contributed by atoms with Gasteiger partial charge in [0.25, 0.3) is 0 Å².